The maximum atomic E-state index is 11.9. The molecule has 0 bridgehead atoms. The van der Waals surface area contributed by atoms with Gasteiger partial charge in [0.05, 0.1) is 0 Å². The van der Waals surface area contributed by atoms with E-state index < -0.39 is 0 Å². The highest BCUT2D eigenvalue weighted by Crippen LogP contribution is 2.16. The first-order valence-corrected chi connectivity index (χ1v) is 6.85. The van der Waals surface area contributed by atoms with E-state index in [4.69, 9.17) is 11.5 Å². The molecule has 0 radical (unpaired) electrons. The van der Waals surface area contributed by atoms with Gasteiger partial charge in [-0.1, -0.05) is 36.4 Å². The molecule has 3 heteroatoms. The third kappa shape index (κ3) is 3.85. The quantitative estimate of drug-likeness (QED) is 0.791. The van der Waals surface area contributed by atoms with Crippen LogP contribution in [0.5, 0.6) is 0 Å². The maximum Gasteiger partial charge on any atom is 0.133 e. The van der Waals surface area contributed by atoms with Crippen LogP contribution in [0.2, 0.25) is 0 Å². The smallest absolute Gasteiger partial charge is 0.133 e. The van der Waals surface area contributed by atoms with Crippen molar-refractivity contribution in [1.82, 2.24) is 0 Å². The van der Waals surface area contributed by atoms with Crippen molar-refractivity contribution in [2.45, 2.75) is 25.7 Å². The Labute approximate surface area is 119 Å². The number of carbonyl (C=O) groups excluding carboxylic acids is 1. The van der Waals surface area contributed by atoms with Crippen LogP contribution in [0.15, 0.2) is 48.5 Å². The van der Waals surface area contributed by atoms with Gasteiger partial charge in [0.15, 0.2) is 0 Å². The van der Waals surface area contributed by atoms with Crippen LogP contribution in [-0.2, 0) is 17.6 Å². The average molecular weight is 268 g/mol. The van der Waals surface area contributed by atoms with Crippen molar-refractivity contribution in [2.24, 2.45) is 0 Å². The molecule has 0 amide bonds. The molecule has 0 aromatic heterocycles. The summed E-state index contributed by atoms with van der Waals surface area (Å²) in [6.45, 7) is 0. The molecular weight excluding hydrogens is 248 g/mol. The van der Waals surface area contributed by atoms with E-state index in [1.54, 1.807) is 0 Å². The number of ketones is 1. The molecule has 0 aliphatic heterocycles. The highest BCUT2D eigenvalue weighted by molar-refractivity contribution is 5.79. The topological polar surface area (TPSA) is 69.1 Å². The van der Waals surface area contributed by atoms with Crippen LogP contribution in [0.25, 0.3) is 0 Å². The minimum atomic E-state index is 0.247. The zero-order valence-corrected chi connectivity index (χ0v) is 11.5. The molecule has 20 heavy (non-hydrogen) atoms. The summed E-state index contributed by atoms with van der Waals surface area (Å²) in [7, 11) is 0. The van der Waals surface area contributed by atoms with Crippen LogP contribution in [0, 0.1) is 0 Å². The van der Waals surface area contributed by atoms with Crippen LogP contribution in [-0.4, -0.2) is 5.78 Å². The van der Waals surface area contributed by atoms with Crippen LogP contribution >= 0.6 is 0 Å². The van der Waals surface area contributed by atoms with E-state index in [0.717, 1.165) is 22.5 Å². The SMILES string of the molecule is Nc1ccccc1CCC(=O)CCc1ccccc1N. The van der Waals surface area contributed by atoms with E-state index in [1.807, 2.05) is 48.5 Å². The zero-order valence-electron chi connectivity index (χ0n) is 11.5. The third-order valence-corrected chi connectivity index (χ3v) is 3.46. The second kappa shape index (κ2) is 6.75. The number of para-hydroxylation sites is 2. The summed E-state index contributed by atoms with van der Waals surface area (Å²) >= 11 is 0. The van der Waals surface area contributed by atoms with Gasteiger partial charge < -0.3 is 11.5 Å². The Bertz CT molecular complexity index is 542. The van der Waals surface area contributed by atoms with E-state index in [2.05, 4.69) is 0 Å². The number of hydrogen-bond donors (Lipinski definition) is 2. The molecule has 2 aromatic rings. The summed E-state index contributed by atoms with van der Waals surface area (Å²) in [5.41, 5.74) is 15.3. The Hall–Kier alpha value is -2.29. The van der Waals surface area contributed by atoms with Crippen LogP contribution in [0.3, 0.4) is 0 Å². The molecule has 0 unspecified atom stereocenters. The Morgan fingerprint density at radius 2 is 1.15 bits per heavy atom. The van der Waals surface area contributed by atoms with Crippen molar-refractivity contribution < 1.29 is 4.79 Å². The second-order valence-electron chi connectivity index (χ2n) is 4.94. The molecular formula is C17H20N2O. The predicted molar refractivity (Wildman–Crippen MR) is 83.4 cm³/mol. The molecule has 0 spiro atoms. The zero-order chi connectivity index (χ0) is 14.4. The number of nitrogens with two attached hydrogens (primary N) is 2. The first-order valence-electron chi connectivity index (χ1n) is 6.85. The summed E-state index contributed by atoms with van der Waals surface area (Å²) in [4.78, 5) is 11.9. The van der Waals surface area contributed by atoms with E-state index >= 15 is 0 Å². The maximum absolute atomic E-state index is 11.9. The fourth-order valence-electron chi connectivity index (χ4n) is 2.20. The standard InChI is InChI=1S/C17H20N2O/c18-16-7-3-1-5-13(16)9-11-15(20)12-10-14-6-2-4-8-17(14)19/h1-8H,9-12,18-19H2. The van der Waals surface area contributed by atoms with E-state index in [1.165, 1.54) is 0 Å². The van der Waals surface area contributed by atoms with Gasteiger partial charge in [0, 0.05) is 24.2 Å². The first kappa shape index (κ1) is 14.1. The molecule has 0 saturated heterocycles. The van der Waals surface area contributed by atoms with Gasteiger partial charge in [0.25, 0.3) is 0 Å². The van der Waals surface area contributed by atoms with Gasteiger partial charge in [-0.25, -0.2) is 0 Å². The molecule has 0 aliphatic rings. The summed E-state index contributed by atoms with van der Waals surface area (Å²) in [6.07, 6.45) is 2.47. The van der Waals surface area contributed by atoms with Crippen molar-refractivity contribution in [1.29, 1.82) is 0 Å². The molecule has 0 aliphatic carbocycles. The minimum Gasteiger partial charge on any atom is -0.399 e. The van der Waals surface area contributed by atoms with Crippen LogP contribution < -0.4 is 11.5 Å². The molecule has 2 rings (SSSR count). The number of Topliss-reactive ketones (excluding diaryl/α,β-unsaturated/α-hetero) is 1. The molecule has 0 fully saturated rings. The van der Waals surface area contributed by atoms with Gasteiger partial charge in [-0.3, -0.25) is 4.79 Å². The molecule has 3 nitrogen and oxygen atoms in total. The lowest BCUT2D eigenvalue weighted by Crippen LogP contribution is -2.04. The van der Waals surface area contributed by atoms with Crippen molar-refractivity contribution in [3.63, 3.8) is 0 Å². The fourth-order valence-corrected chi connectivity index (χ4v) is 2.20. The molecule has 0 saturated carbocycles. The lowest BCUT2D eigenvalue weighted by atomic mass is 10.0. The Balaban J connectivity index is 1.82. The van der Waals surface area contributed by atoms with Crippen molar-refractivity contribution in [3.8, 4) is 0 Å². The van der Waals surface area contributed by atoms with Gasteiger partial charge >= 0.3 is 0 Å². The largest absolute Gasteiger partial charge is 0.399 e. The lowest BCUT2D eigenvalue weighted by molar-refractivity contribution is -0.119. The number of aryl methyl sites for hydroxylation is 2. The Morgan fingerprint density at radius 3 is 1.55 bits per heavy atom. The second-order valence-corrected chi connectivity index (χ2v) is 4.94. The van der Waals surface area contributed by atoms with Gasteiger partial charge in [-0.2, -0.15) is 0 Å². The van der Waals surface area contributed by atoms with E-state index in [-0.39, 0.29) is 5.78 Å². The van der Waals surface area contributed by atoms with E-state index in [9.17, 15) is 4.79 Å². The molecule has 2 aromatic carbocycles. The first-order chi connectivity index (χ1) is 9.66. The minimum absolute atomic E-state index is 0.247. The number of anilines is 2. The molecule has 104 valence electrons. The number of rotatable bonds is 6. The van der Waals surface area contributed by atoms with E-state index in [0.29, 0.717) is 25.7 Å². The number of hydrogen-bond acceptors (Lipinski definition) is 3. The highest BCUT2D eigenvalue weighted by Gasteiger charge is 2.06. The van der Waals surface area contributed by atoms with Gasteiger partial charge in [0.2, 0.25) is 0 Å². The predicted octanol–water partition coefficient (Wildman–Crippen LogP) is 2.99. The van der Waals surface area contributed by atoms with Gasteiger partial charge in [0.1, 0.15) is 5.78 Å². The van der Waals surface area contributed by atoms with Crippen molar-refractivity contribution in [3.05, 3.63) is 59.7 Å². The normalized spacial score (nSPS) is 10.4. The Kier molecular flexibility index (Phi) is 4.77. The summed E-state index contributed by atoms with van der Waals surface area (Å²) in [6, 6.07) is 15.4. The van der Waals surface area contributed by atoms with Gasteiger partial charge in [-0.15, -0.1) is 0 Å². The lowest BCUT2D eigenvalue weighted by Gasteiger charge is -2.06. The number of nitrogen functional groups attached to an aromatic ring is 2. The van der Waals surface area contributed by atoms with Crippen molar-refractivity contribution >= 4 is 17.2 Å². The van der Waals surface area contributed by atoms with Crippen LogP contribution in [0.1, 0.15) is 24.0 Å². The molecule has 0 atom stereocenters. The summed E-state index contributed by atoms with van der Waals surface area (Å²) < 4.78 is 0. The average Bonchev–Trinajstić information content (AvgIpc) is 2.45. The highest BCUT2D eigenvalue weighted by atomic mass is 16.1. The number of carbonyl (C=O) groups is 1. The fraction of sp³-hybridized carbons (Fsp3) is 0.235. The molecule has 0 heterocycles. The molecule has 4 N–H and O–H groups in total. The monoisotopic (exact) mass is 268 g/mol. The third-order valence-electron chi connectivity index (χ3n) is 3.46. The summed E-state index contributed by atoms with van der Waals surface area (Å²) in [5, 5.41) is 0. The number of benzene rings is 2. The van der Waals surface area contributed by atoms with Crippen molar-refractivity contribution in [2.75, 3.05) is 11.5 Å². The van der Waals surface area contributed by atoms with Gasteiger partial charge in [-0.05, 0) is 36.1 Å². The Morgan fingerprint density at radius 1 is 0.750 bits per heavy atom. The summed E-state index contributed by atoms with van der Waals surface area (Å²) in [5.74, 6) is 0.247. The van der Waals surface area contributed by atoms with Crippen LogP contribution in [0.4, 0.5) is 11.4 Å².